The lowest BCUT2D eigenvalue weighted by Gasteiger charge is -2.41. The molecule has 0 unspecified atom stereocenters. The molecule has 0 bridgehead atoms. The van der Waals surface area contributed by atoms with Gasteiger partial charge in [0, 0.05) is 19.3 Å². The Morgan fingerprint density at radius 1 is 0.921 bits per heavy atom. The molecule has 0 amide bonds. The Morgan fingerprint density at radius 2 is 1.50 bits per heavy atom. The summed E-state index contributed by atoms with van der Waals surface area (Å²) in [7, 11) is -4.61. The molecule has 2 aromatic carbocycles. The molecule has 0 aliphatic heterocycles. The molecule has 206 valence electrons. The molecular weight excluding hydrogens is 514 g/mol. The van der Waals surface area contributed by atoms with Crippen molar-refractivity contribution in [3.05, 3.63) is 89.5 Å². The van der Waals surface area contributed by atoms with E-state index in [0.717, 1.165) is 22.6 Å². The van der Waals surface area contributed by atoms with Gasteiger partial charge in [-0.3, -0.25) is 9.97 Å². The maximum Gasteiger partial charge on any atom is 0.220 e. The second-order valence-electron chi connectivity index (χ2n) is 11.2. The number of nitrogens with zero attached hydrogens (tertiary/aromatic N) is 3. The van der Waals surface area contributed by atoms with Gasteiger partial charge in [-0.2, -0.15) is 4.31 Å². The number of aryl methyl sites for hydroxylation is 1. The van der Waals surface area contributed by atoms with Crippen LogP contribution < -0.4 is 4.74 Å². The topological polar surface area (TPSA) is 81.6 Å². The molecule has 0 spiro atoms. The van der Waals surface area contributed by atoms with Crippen LogP contribution in [0.3, 0.4) is 0 Å². The lowest BCUT2D eigenvalue weighted by atomic mass is 10.2. The van der Waals surface area contributed by atoms with E-state index in [9.17, 15) is 8.42 Å². The summed E-state index contributed by atoms with van der Waals surface area (Å²) in [4.78, 5) is 8.97. The van der Waals surface area contributed by atoms with Gasteiger partial charge in [0.1, 0.15) is 17.1 Å². The fourth-order valence-corrected chi connectivity index (χ4v) is 6.84. The minimum atomic E-state index is -3.86. The van der Waals surface area contributed by atoms with Gasteiger partial charge in [0.05, 0.1) is 24.7 Å². The van der Waals surface area contributed by atoms with Gasteiger partial charge in [-0.25, -0.2) is 8.42 Å². The zero-order valence-electron chi connectivity index (χ0n) is 23.8. The molecule has 0 saturated carbocycles. The molecule has 1 aromatic heterocycles. The summed E-state index contributed by atoms with van der Waals surface area (Å²) < 4.78 is 42.3. The number of sulfonamides is 1. The second kappa shape index (κ2) is 12.1. The average Bonchev–Trinajstić information content (AvgIpc) is 2.87. The van der Waals surface area contributed by atoms with Crippen LogP contribution in [0.1, 0.15) is 56.3 Å². The van der Waals surface area contributed by atoms with Gasteiger partial charge in [0.25, 0.3) is 0 Å². The number of hydrogen-bond acceptors (Lipinski definition) is 6. The third kappa shape index (κ3) is 7.28. The first-order chi connectivity index (χ1) is 17.7. The summed E-state index contributed by atoms with van der Waals surface area (Å²) in [5.74, 6) is 0.723. The van der Waals surface area contributed by atoms with E-state index in [1.807, 2.05) is 61.5 Å². The summed E-state index contributed by atoms with van der Waals surface area (Å²) in [6.07, 6.45) is 2.54. The Balaban J connectivity index is 2.04. The van der Waals surface area contributed by atoms with Crippen LogP contribution in [0.5, 0.6) is 5.75 Å². The van der Waals surface area contributed by atoms with Crippen LogP contribution in [0.4, 0.5) is 0 Å². The standard InChI is InChI=1S/C29H41N3O4SSi/c1-22-18-31-27(19-30-22)28(36-38(7,8)29(3,4)5)23(2)37(33,34)32(20-24-12-10-9-11-13-24)21-25-14-16-26(35-6)17-15-25/h9-19,23,28H,20-21H2,1-8H3/t23-,28-/m1/s1. The highest BCUT2D eigenvalue weighted by Crippen LogP contribution is 2.41. The summed E-state index contributed by atoms with van der Waals surface area (Å²) in [6, 6.07) is 17.1. The van der Waals surface area contributed by atoms with Crippen LogP contribution in [-0.4, -0.2) is 43.4 Å². The predicted octanol–water partition coefficient (Wildman–Crippen LogP) is 6.28. The number of rotatable bonds is 11. The second-order valence-corrected chi connectivity index (χ2v) is 18.3. The Hall–Kier alpha value is -2.59. The minimum Gasteiger partial charge on any atom is -0.497 e. The molecule has 1 heterocycles. The first-order valence-electron chi connectivity index (χ1n) is 12.9. The van der Waals surface area contributed by atoms with E-state index in [1.54, 1.807) is 30.7 Å². The van der Waals surface area contributed by atoms with E-state index in [1.165, 1.54) is 0 Å². The Kier molecular flexibility index (Phi) is 9.51. The molecular formula is C29H41N3O4SSi. The maximum atomic E-state index is 14.4. The van der Waals surface area contributed by atoms with Crippen LogP contribution in [0, 0.1) is 6.92 Å². The molecule has 0 aliphatic rings. The summed E-state index contributed by atoms with van der Waals surface area (Å²) in [6.45, 7) is 14.7. The van der Waals surface area contributed by atoms with E-state index in [0.29, 0.717) is 5.69 Å². The Morgan fingerprint density at radius 3 is 2.00 bits per heavy atom. The van der Waals surface area contributed by atoms with Crippen LogP contribution >= 0.6 is 0 Å². The molecule has 0 saturated heterocycles. The quantitative estimate of drug-likeness (QED) is 0.259. The molecule has 7 nitrogen and oxygen atoms in total. The van der Waals surface area contributed by atoms with Gasteiger partial charge in [-0.15, -0.1) is 0 Å². The number of aromatic nitrogens is 2. The van der Waals surface area contributed by atoms with E-state index in [4.69, 9.17) is 9.16 Å². The Bertz CT molecular complexity index is 1280. The van der Waals surface area contributed by atoms with Gasteiger partial charge in [-0.1, -0.05) is 63.2 Å². The van der Waals surface area contributed by atoms with Crippen molar-refractivity contribution in [1.29, 1.82) is 0 Å². The smallest absolute Gasteiger partial charge is 0.220 e. The maximum absolute atomic E-state index is 14.4. The SMILES string of the molecule is COc1ccc(CN(Cc2ccccc2)S(=O)(=O)[C@H](C)[C@@H](O[Si](C)(C)C(C)(C)C)c2cnc(C)cn2)cc1. The molecule has 0 fully saturated rings. The van der Waals surface area contributed by atoms with Crippen LogP contribution in [0.15, 0.2) is 67.0 Å². The third-order valence-corrected chi connectivity index (χ3v) is 13.9. The van der Waals surface area contributed by atoms with Crippen molar-refractivity contribution in [2.24, 2.45) is 0 Å². The molecule has 9 heteroatoms. The van der Waals surface area contributed by atoms with Crippen molar-refractivity contribution >= 4 is 18.3 Å². The molecule has 0 radical (unpaired) electrons. The molecule has 0 aliphatic carbocycles. The van der Waals surface area contributed by atoms with Crippen LogP contribution in [0.25, 0.3) is 0 Å². The first-order valence-corrected chi connectivity index (χ1v) is 17.3. The van der Waals surface area contributed by atoms with Gasteiger partial charge < -0.3 is 9.16 Å². The fraction of sp³-hybridized carbons (Fsp3) is 0.448. The van der Waals surface area contributed by atoms with Crippen LogP contribution in [0.2, 0.25) is 18.1 Å². The fourth-order valence-electron chi connectivity index (χ4n) is 3.79. The summed E-state index contributed by atoms with van der Waals surface area (Å²) in [5, 5.41) is -1.00. The number of ether oxygens (including phenoxy) is 1. The first kappa shape index (κ1) is 30.0. The van der Waals surface area contributed by atoms with E-state index in [-0.39, 0.29) is 18.1 Å². The molecule has 3 rings (SSSR count). The van der Waals surface area contributed by atoms with Crippen molar-refractivity contribution < 1.29 is 17.6 Å². The van der Waals surface area contributed by atoms with E-state index < -0.39 is 29.7 Å². The van der Waals surface area contributed by atoms with Crippen molar-refractivity contribution in [1.82, 2.24) is 14.3 Å². The average molecular weight is 556 g/mol. The van der Waals surface area contributed by atoms with Crippen LogP contribution in [-0.2, 0) is 27.5 Å². The van der Waals surface area contributed by atoms with Crippen molar-refractivity contribution in [2.45, 2.75) is 77.2 Å². The van der Waals surface area contributed by atoms with Gasteiger partial charge in [-0.05, 0) is 55.2 Å². The molecule has 38 heavy (non-hydrogen) atoms. The molecule has 0 N–H and O–H groups in total. The van der Waals surface area contributed by atoms with Crippen molar-refractivity contribution in [2.75, 3.05) is 7.11 Å². The monoisotopic (exact) mass is 555 g/mol. The van der Waals surface area contributed by atoms with Crippen molar-refractivity contribution in [3.63, 3.8) is 0 Å². The zero-order chi connectivity index (χ0) is 28.1. The number of hydrogen-bond donors (Lipinski definition) is 0. The van der Waals surface area contributed by atoms with E-state index in [2.05, 4.69) is 43.8 Å². The van der Waals surface area contributed by atoms with Gasteiger partial charge in [0.15, 0.2) is 8.32 Å². The third-order valence-electron chi connectivity index (χ3n) is 7.30. The number of methoxy groups -OCH3 is 1. The summed E-state index contributed by atoms with van der Waals surface area (Å²) in [5.41, 5.74) is 3.07. The van der Waals surface area contributed by atoms with E-state index >= 15 is 0 Å². The highest BCUT2D eigenvalue weighted by atomic mass is 32.2. The number of benzene rings is 2. The predicted molar refractivity (Wildman–Crippen MR) is 155 cm³/mol. The highest BCUT2D eigenvalue weighted by Gasteiger charge is 2.44. The molecule has 2 atom stereocenters. The largest absolute Gasteiger partial charge is 0.497 e. The summed E-state index contributed by atoms with van der Waals surface area (Å²) >= 11 is 0. The van der Waals surface area contributed by atoms with Crippen molar-refractivity contribution in [3.8, 4) is 5.75 Å². The Labute approximate surface area is 229 Å². The molecule has 3 aromatic rings. The van der Waals surface area contributed by atoms with Gasteiger partial charge in [0.2, 0.25) is 10.0 Å². The zero-order valence-corrected chi connectivity index (χ0v) is 25.6. The lowest BCUT2D eigenvalue weighted by molar-refractivity contribution is 0.173. The normalized spacial score (nSPS) is 14.3. The highest BCUT2D eigenvalue weighted by molar-refractivity contribution is 7.89. The van der Waals surface area contributed by atoms with Gasteiger partial charge >= 0.3 is 0 Å². The lowest BCUT2D eigenvalue weighted by Crippen LogP contribution is -2.47. The minimum absolute atomic E-state index is 0.111.